The summed E-state index contributed by atoms with van der Waals surface area (Å²) in [5.41, 5.74) is 6.92. The number of rotatable bonds is 2. The van der Waals surface area contributed by atoms with Gasteiger partial charge < -0.3 is 14.9 Å². The maximum absolute atomic E-state index is 5.85. The number of methoxy groups -OCH3 is 1. The van der Waals surface area contributed by atoms with Crippen molar-refractivity contribution < 1.29 is 9.15 Å². The highest BCUT2D eigenvalue weighted by Gasteiger charge is 2.23. The number of nitrogens with two attached hydrogens (primary N) is 1. The molecule has 96 valence electrons. The fourth-order valence-electron chi connectivity index (χ4n) is 1.59. The molecule has 0 aliphatic heterocycles. The summed E-state index contributed by atoms with van der Waals surface area (Å²) in [5, 5.41) is 8.11. The largest absolute Gasteiger partial charge is 0.494 e. The molecule has 2 aromatic rings. The van der Waals surface area contributed by atoms with Crippen LogP contribution in [0.25, 0.3) is 11.5 Å². The molecular formula is C13H17N3O2. The summed E-state index contributed by atoms with van der Waals surface area (Å²) < 4.78 is 10.9. The minimum absolute atomic E-state index is 0.182. The van der Waals surface area contributed by atoms with Crippen molar-refractivity contribution in [3.8, 4) is 17.2 Å². The van der Waals surface area contributed by atoms with Crippen LogP contribution in [0.15, 0.2) is 22.6 Å². The first-order valence-corrected chi connectivity index (χ1v) is 5.70. The number of hydrogen-bond acceptors (Lipinski definition) is 5. The first kappa shape index (κ1) is 12.4. The van der Waals surface area contributed by atoms with E-state index in [9.17, 15) is 0 Å². The Hall–Kier alpha value is -2.04. The second-order valence-corrected chi connectivity index (χ2v) is 5.09. The Bertz CT molecular complexity index is 556. The van der Waals surface area contributed by atoms with Crippen molar-refractivity contribution >= 4 is 5.69 Å². The van der Waals surface area contributed by atoms with Gasteiger partial charge in [-0.2, -0.15) is 0 Å². The lowest BCUT2D eigenvalue weighted by Crippen LogP contribution is -2.11. The van der Waals surface area contributed by atoms with Gasteiger partial charge in [-0.15, -0.1) is 10.2 Å². The SMILES string of the molecule is COc1c(N)cccc1-c1nnc(C(C)(C)C)o1. The molecule has 0 saturated carbocycles. The molecule has 18 heavy (non-hydrogen) atoms. The van der Waals surface area contributed by atoms with E-state index in [0.29, 0.717) is 28.8 Å². The van der Waals surface area contributed by atoms with Crippen LogP contribution in [0.2, 0.25) is 0 Å². The Labute approximate surface area is 106 Å². The van der Waals surface area contributed by atoms with Gasteiger partial charge in [0.2, 0.25) is 5.89 Å². The van der Waals surface area contributed by atoms with Crippen LogP contribution in [0, 0.1) is 0 Å². The third kappa shape index (κ3) is 2.16. The Kier molecular flexibility index (Phi) is 2.98. The molecule has 0 fully saturated rings. The Morgan fingerprint density at radius 1 is 1.22 bits per heavy atom. The lowest BCUT2D eigenvalue weighted by Gasteiger charge is -2.11. The van der Waals surface area contributed by atoms with E-state index in [4.69, 9.17) is 14.9 Å². The molecule has 5 nitrogen and oxygen atoms in total. The summed E-state index contributed by atoms with van der Waals surface area (Å²) in [6.07, 6.45) is 0. The van der Waals surface area contributed by atoms with Gasteiger partial charge in [-0.3, -0.25) is 0 Å². The van der Waals surface area contributed by atoms with Crippen molar-refractivity contribution in [1.29, 1.82) is 0 Å². The van der Waals surface area contributed by atoms with Gasteiger partial charge in [0, 0.05) is 5.41 Å². The van der Waals surface area contributed by atoms with Crippen LogP contribution < -0.4 is 10.5 Å². The molecular weight excluding hydrogens is 230 g/mol. The average Bonchev–Trinajstić information content (AvgIpc) is 2.77. The zero-order valence-corrected chi connectivity index (χ0v) is 11.0. The number of hydrogen-bond donors (Lipinski definition) is 1. The van der Waals surface area contributed by atoms with Crippen LogP contribution in [0.3, 0.4) is 0 Å². The maximum Gasteiger partial charge on any atom is 0.251 e. The Balaban J connectivity index is 2.50. The highest BCUT2D eigenvalue weighted by Crippen LogP contribution is 2.35. The van der Waals surface area contributed by atoms with Gasteiger partial charge in [0.1, 0.15) is 0 Å². The lowest BCUT2D eigenvalue weighted by atomic mass is 9.97. The van der Waals surface area contributed by atoms with Crippen LogP contribution in [-0.4, -0.2) is 17.3 Å². The summed E-state index contributed by atoms with van der Waals surface area (Å²) >= 11 is 0. The minimum atomic E-state index is -0.182. The Morgan fingerprint density at radius 2 is 1.94 bits per heavy atom. The highest BCUT2D eigenvalue weighted by molar-refractivity contribution is 5.72. The normalized spacial score (nSPS) is 11.6. The maximum atomic E-state index is 5.85. The smallest absolute Gasteiger partial charge is 0.251 e. The van der Waals surface area contributed by atoms with Crippen molar-refractivity contribution in [3.05, 3.63) is 24.1 Å². The lowest BCUT2D eigenvalue weighted by molar-refractivity contribution is 0.393. The summed E-state index contributed by atoms with van der Waals surface area (Å²) in [6, 6.07) is 5.44. The van der Waals surface area contributed by atoms with Crippen LogP contribution in [0.5, 0.6) is 5.75 Å². The van der Waals surface area contributed by atoms with Crippen LogP contribution in [-0.2, 0) is 5.41 Å². The van der Waals surface area contributed by atoms with Gasteiger partial charge in [0.25, 0.3) is 5.89 Å². The molecule has 0 radical (unpaired) electrons. The molecule has 2 rings (SSSR count). The molecule has 0 amide bonds. The molecule has 0 saturated heterocycles. The predicted octanol–water partition coefficient (Wildman–Crippen LogP) is 2.62. The number of anilines is 1. The van der Waals surface area contributed by atoms with Gasteiger partial charge in [0.15, 0.2) is 5.75 Å². The number of nitrogens with zero attached hydrogens (tertiary/aromatic N) is 2. The van der Waals surface area contributed by atoms with E-state index >= 15 is 0 Å². The topological polar surface area (TPSA) is 74.2 Å². The molecule has 5 heteroatoms. The summed E-state index contributed by atoms with van der Waals surface area (Å²) in [7, 11) is 1.57. The average molecular weight is 247 g/mol. The minimum Gasteiger partial charge on any atom is -0.494 e. The number of benzene rings is 1. The zero-order chi connectivity index (χ0) is 13.3. The molecule has 0 aliphatic carbocycles. The highest BCUT2D eigenvalue weighted by atomic mass is 16.5. The fraction of sp³-hybridized carbons (Fsp3) is 0.385. The first-order valence-electron chi connectivity index (χ1n) is 5.70. The molecule has 1 aromatic carbocycles. The molecule has 0 spiro atoms. The summed E-state index contributed by atoms with van der Waals surface area (Å²) in [6.45, 7) is 6.04. The van der Waals surface area contributed by atoms with E-state index in [-0.39, 0.29) is 5.41 Å². The van der Waals surface area contributed by atoms with Crippen molar-refractivity contribution in [1.82, 2.24) is 10.2 Å². The third-order valence-electron chi connectivity index (χ3n) is 2.55. The summed E-state index contributed by atoms with van der Waals surface area (Å²) in [5.74, 6) is 1.56. The van der Waals surface area contributed by atoms with E-state index < -0.39 is 0 Å². The molecule has 0 bridgehead atoms. The number of aromatic nitrogens is 2. The van der Waals surface area contributed by atoms with Gasteiger partial charge in [0.05, 0.1) is 18.4 Å². The quantitative estimate of drug-likeness (QED) is 0.826. The second kappa shape index (κ2) is 4.33. The van der Waals surface area contributed by atoms with E-state index in [1.54, 1.807) is 13.2 Å². The predicted molar refractivity (Wildman–Crippen MR) is 69.4 cm³/mol. The molecule has 1 heterocycles. The molecule has 0 aliphatic rings. The standard InChI is InChI=1S/C13H17N3O2/c1-13(2,3)12-16-15-11(18-12)8-6-5-7-9(14)10(8)17-4/h5-7H,14H2,1-4H3. The van der Waals surface area contributed by atoms with Gasteiger partial charge in [-0.1, -0.05) is 26.8 Å². The molecule has 1 aromatic heterocycles. The van der Waals surface area contributed by atoms with E-state index in [1.807, 2.05) is 32.9 Å². The molecule has 0 unspecified atom stereocenters. The Morgan fingerprint density at radius 3 is 2.50 bits per heavy atom. The van der Waals surface area contributed by atoms with E-state index in [1.165, 1.54) is 0 Å². The monoisotopic (exact) mass is 247 g/mol. The zero-order valence-electron chi connectivity index (χ0n) is 11.0. The van der Waals surface area contributed by atoms with E-state index in [0.717, 1.165) is 0 Å². The van der Waals surface area contributed by atoms with Gasteiger partial charge in [-0.05, 0) is 12.1 Å². The van der Waals surface area contributed by atoms with E-state index in [2.05, 4.69) is 10.2 Å². The van der Waals surface area contributed by atoms with Crippen molar-refractivity contribution in [2.75, 3.05) is 12.8 Å². The van der Waals surface area contributed by atoms with Gasteiger partial charge >= 0.3 is 0 Å². The number of nitrogen functional groups attached to an aromatic ring is 1. The van der Waals surface area contributed by atoms with Crippen molar-refractivity contribution in [2.24, 2.45) is 0 Å². The van der Waals surface area contributed by atoms with Crippen LogP contribution in [0.1, 0.15) is 26.7 Å². The third-order valence-corrected chi connectivity index (χ3v) is 2.55. The number of ether oxygens (including phenoxy) is 1. The fourth-order valence-corrected chi connectivity index (χ4v) is 1.59. The first-order chi connectivity index (χ1) is 8.43. The number of para-hydroxylation sites is 1. The molecule has 0 atom stereocenters. The van der Waals surface area contributed by atoms with Gasteiger partial charge in [-0.25, -0.2) is 0 Å². The van der Waals surface area contributed by atoms with Crippen LogP contribution in [0.4, 0.5) is 5.69 Å². The van der Waals surface area contributed by atoms with Crippen LogP contribution >= 0.6 is 0 Å². The van der Waals surface area contributed by atoms with Crippen molar-refractivity contribution in [3.63, 3.8) is 0 Å². The van der Waals surface area contributed by atoms with Crippen molar-refractivity contribution in [2.45, 2.75) is 26.2 Å². The second-order valence-electron chi connectivity index (χ2n) is 5.09. The molecule has 2 N–H and O–H groups in total. The summed E-state index contributed by atoms with van der Waals surface area (Å²) in [4.78, 5) is 0.